The molecule has 0 saturated heterocycles. The molecule has 3 nitrogen and oxygen atoms in total. The first-order valence-corrected chi connectivity index (χ1v) is 6.00. The van der Waals surface area contributed by atoms with Gasteiger partial charge < -0.3 is 14.8 Å². The van der Waals surface area contributed by atoms with Crippen LogP contribution in [0.25, 0.3) is 0 Å². The predicted molar refractivity (Wildman–Crippen MR) is 64.2 cm³/mol. The number of nitrogens with one attached hydrogen (secondary N) is 1. The first kappa shape index (κ1) is 14.9. The first-order chi connectivity index (χ1) is 7.07. The van der Waals surface area contributed by atoms with Crippen molar-refractivity contribution in [2.24, 2.45) is 5.92 Å². The van der Waals surface area contributed by atoms with Crippen molar-refractivity contribution in [2.75, 3.05) is 26.4 Å². The molecule has 0 bridgehead atoms. The largest absolute Gasteiger partial charge is 0.377 e. The maximum Gasteiger partial charge on any atom is 0.0703 e. The number of hydrogen-bond donors (Lipinski definition) is 1. The van der Waals surface area contributed by atoms with E-state index >= 15 is 0 Å². The van der Waals surface area contributed by atoms with E-state index in [1.807, 2.05) is 13.8 Å². The van der Waals surface area contributed by atoms with Crippen molar-refractivity contribution in [3.05, 3.63) is 0 Å². The molecule has 0 heterocycles. The van der Waals surface area contributed by atoms with Crippen LogP contribution in [-0.4, -0.2) is 38.5 Å². The molecule has 0 aromatic carbocycles. The van der Waals surface area contributed by atoms with Gasteiger partial charge in [-0.15, -0.1) is 0 Å². The second-order valence-electron chi connectivity index (χ2n) is 4.40. The summed E-state index contributed by atoms with van der Waals surface area (Å²) in [6.07, 6.45) is 0.295. The number of hydrogen-bond acceptors (Lipinski definition) is 3. The lowest BCUT2D eigenvalue weighted by molar-refractivity contribution is 0.0107. The van der Waals surface area contributed by atoms with E-state index in [0.29, 0.717) is 31.3 Å². The second-order valence-corrected chi connectivity index (χ2v) is 4.40. The smallest absolute Gasteiger partial charge is 0.0703 e. The van der Waals surface area contributed by atoms with Gasteiger partial charge in [0.25, 0.3) is 0 Å². The van der Waals surface area contributed by atoms with Crippen molar-refractivity contribution >= 4 is 0 Å². The van der Waals surface area contributed by atoms with Gasteiger partial charge in [-0.05, 0) is 26.3 Å². The molecule has 0 aliphatic heterocycles. The fourth-order valence-electron chi connectivity index (χ4n) is 1.30. The summed E-state index contributed by atoms with van der Waals surface area (Å²) in [5, 5.41) is 3.42. The van der Waals surface area contributed by atoms with E-state index < -0.39 is 0 Å². The normalized spacial score (nSPS) is 13.8. The van der Waals surface area contributed by atoms with E-state index in [0.717, 1.165) is 13.2 Å². The zero-order chi connectivity index (χ0) is 11.7. The molecule has 0 aromatic rings. The molecule has 0 rings (SSSR count). The summed E-state index contributed by atoms with van der Waals surface area (Å²) in [7, 11) is 0. The van der Waals surface area contributed by atoms with Crippen LogP contribution in [0, 0.1) is 5.92 Å². The Morgan fingerprint density at radius 3 is 2.20 bits per heavy atom. The highest BCUT2D eigenvalue weighted by atomic mass is 16.5. The summed E-state index contributed by atoms with van der Waals surface area (Å²) in [5.74, 6) is 0.607. The van der Waals surface area contributed by atoms with Crippen molar-refractivity contribution in [1.29, 1.82) is 0 Å². The maximum absolute atomic E-state index is 5.57. The SMILES string of the molecule is CCNC(COCCOC(C)C)C(C)C. The van der Waals surface area contributed by atoms with Crippen molar-refractivity contribution in [1.82, 2.24) is 5.32 Å². The molecular weight excluding hydrogens is 190 g/mol. The molecule has 0 aliphatic carbocycles. The van der Waals surface area contributed by atoms with Crippen LogP contribution in [-0.2, 0) is 9.47 Å². The fraction of sp³-hybridized carbons (Fsp3) is 1.00. The van der Waals surface area contributed by atoms with Crippen LogP contribution in [0.5, 0.6) is 0 Å². The molecule has 0 radical (unpaired) electrons. The van der Waals surface area contributed by atoms with Crippen LogP contribution in [0.2, 0.25) is 0 Å². The van der Waals surface area contributed by atoms with Gasteiger partial charge >= 0.3 is 0 Å². The zero-order valence-electron chi connectivity index (χ0n) is 10.9. The van der Waals surface area contributed by atoms with Gasteiger partial charge in [0.05, 0.1) is 25.9 Å². The fourth-order valence-corrected chi connectivity index (χ4v) is 1.30. The molecule has 1 N–H and O–H groups in total. The van der Waals surface area contributed by atoms with Crippen molar-refractivity contribution in [2.45, 2.75) is 46.8 Å². The maximum atomic E-state index is 5.57. The van der Waals surface area contributed by atoms with E-state index in [1.54, 1.807) is 0 Å². The number of rotatable bonds is 9. The molecule has 0 fully saturated rings. The summed E-state index contributed by atoms with van der Waals surface area (Å²) < 4.78 is 11.0. The van der Waals surface area contributed by atoms with Gasteiger partial charge in [0.1, 0.15) is 0 Å². The minimum absolute atomic E-state index is 0.295. The van der Waals surface area contributed by atoms with E-state index in [4.69, 9.17) is 9.47 Å². The Hall–Kier alpha value is -0.120. The van der Waals surface area contributed by atoms with Gasteiger partial charge in [-0.3, -0.25) is 0 Å². The Morgan fingerprint density at radius 2 is 1.73 bits per heavy atom. The van der Waals surface area contributed by atoms with Crippen LogP contribution in [0.1, 0.15) is 34.6 Å². The van der Waals surface area contributed by atoms with E-state index in [9.17, 15) is 0 Å². The zero-order valence-corrected chi connectivity index (χ0v) is 10.9. The Balaban J connectivity index is 3.45. The monoisotopic (exact) mass is 217 g/mol. The lowest BCUT2D eigenvalue weighted by Gasteiger charge is -2.21. The molecule has 0 aliphatic rings. The summed E-state index contributed by atoms with van der Waals surface area (Å²) in [4.78, 5) is 0. The van der Waals surface area contributed by atoms with Crippen molar-refractivity contribution < 1.29 is 9.47 Å². The average Bonchev–Trinajstić information content (AvgIpc) is 2.15. The van der Waals surface area contributed by atoms with Crippen LogP contribution < -0.4 is 5.32 Å². The molecule has 3 heteroatoms. The number of ether oxygens (including phenoxy) is 2. The Labute approximate surface area is 94.5 Å². The molecule has 0 spiro atoms. The van der Waals surface area contributed by atoms with Crippen LogP contribution in [0.15, 0.2) is 0 Å². The quantitative estimate of drug-likeness (QED) is 0.600. The summed E-state index contributed by atoms with van der Waals surface area (Å²) >= 11 is 0. The van der Waals surface area contributed by atoms with Gasteiger partial charge in [0.15, 0.2) is 0 Å². The average molecular weight is 217 g/mol. The number of likely N-dealkylation sites (N-methyl/N-ethyl adjacent to an activating group) is 1. The minimum atomic E-state index is 0.295. The highest BCUT2D eigenvalue weighted by Crippen LogP contribution is 2.01. The molecule has 15 heavy (non-hydrogen) atoms. The summed E-state index contributed by atoms with van der Waals surface area (Å²) in [6, 6.07) is 0.453. The van der Waals surface area contributed by atoms with E-state index in [-0.39, 0.29) is 0 Å². The van der Waals surface area contributed by atoms with Gasteiger partial charge in [0, 0.05) is 6.04 Å². The third-order valence-corrected chi connectivity index (χ3v) is 2.25. The van der Waals surface area contributed by atoms with Gasteiger partial charge in [0.2, 0.25) is 0 Å². The standard InChI is InChI=1S/C12H27NO2/c1-6-13-12(10(2)3)9-14-7-8-15-11(4)5/h10-13H,6-9H2,1-5H3. The summed E-state index contributed by atoms with van der Waals surface area (Å²) in [6.45, 7) is 13.8. The molecule has 0 amide bonds. The lowest BCUT2D eigenvalue weighted by atomic mass is 10.1. The minimum Gasteiger partial charge on any atom is -0.377 e. The van der Waals surface area contributed by atoms with Crippen molar-refractivity contribution in [3.63, 3.8) is 0 Å². The highest BCUT2D eigenvalue weighted by molar-refractivity contribution is 4.68. The third-order valence-electron chi connectivity index (χ3n) is 2.25. The first-order valence-electron chi connectivity index (χ1n) is 6.00. The third kappa shape index (κ3) is 8.85. The molecule has 1 unspecified atom stereocenters. The summed E-state index contributed by atoms with van der Waals surface area (Å²) in [5.41, 5.74) is 0. The van der Waals surface area contributed by atoms with Gasteiger partial charge in [-0.2, -0.15) is 0 Å². The Kier molecular flexibility index (Phi) is 9.06. The van der Waals surface area contributed by atoms with E-state index in [2.05, 4.69) is 26.1 Å². The van der Waals surface area contributed by atoms with Gasteiger partial charge in [-0.25, -0.2) is 0 Å². The highest BCUT2D eigenvalue weighted by Gasteiger charge is 2.11. The van der Waals surface area contributed by atoms with E-state index in [1.165, 1.54) is 0 Å². The van der Waals surface area contributed by atoms with Crippen LogP contribution >= 0.6 is 0 Å². The van der Waals surface area contributed by atoms with Crippen LogP contribution in [0.4, 0.5) is 0 Å². The second kappa shape index (κ2) is 9.13. The lowest BCUT2D eigenvalue weighted by Crippen LogP contribution is -2.38. The Morgan fingerprint density at radius 1 is 1.07 bits per heavy atom. The topological polar surface area (TPSA) is 30.5 Å². The Bertz CT molecular complexity index is 138. The molecule has 0 saturated carbocycles. The molecule has 1 atom stereocenters. The predicted octanol–water partition coefficient (Wildman–Crippen LogP) is 2.06. The molecular formula is C12H27NO2. The van der Waals surface area contributed by atoms with Crippen LogP contribution in [0.3, 0.4) is 0 Å². The molecule has 0 aromatic heterocycles. The van der Waals surface area contributed by atoms with Crippen molar-refractivity contribution in [3.8, 4) is 0 Å². The van der Waals surface area contributed by atoms with Gasteiger partial charge in [-0.1, -0.05) is 20.8 Å². The molecule has 92 valence electrons.